The van der Waals surface area contributed by atoms with E-state index in [1.165, 1.54) is 54.6 Å². The normalized spacial score (nSPS) is 22.1. The lowest BCUT2D eigenvalue weighted by Gasteiger charge is -2.39. The van der Waals surface area contributed by atoms with Gasteiger partial charge in [0.1, 0.15) is 58.4 Å². The molecule has 0 unspecified atom stereocenters. The predicted molar refractivity (Wildman–Crippen MR) is 148 cm³/mol. The minimum atomic E-state index is -1.70. The molecular formula is C30H26O13. The summed E-state index contributed by atoms with van der Waals surface area (Å²) in [5, 5.41) is 68.9. The zero-order valence-corrected chi connectivity index (χ0v) is 22.1. The summed E-state index contributed by atoms with van der Waals surface area (Å²) in [5.41, 5.74) is 0.229. The van der Waals surface area contributed by atoms with Crippen molar-refractivity contribution < 1.29 is 59.2 Å². The minimum absolute atomic E-state index is 0.0806. The van der Waals surface area contributed by atoms with Gasteiger partial charge < -0.3 is 54.4 Å². The lowest BCUT2D eigenvalue weighted by molar-refractivity contribution is -0.277. The third-order valence-electron chi connectivity index (χ3n) is 6.65. The van der Waals surface area contributed by atoms with Crippen LogP contribution in [0.4, 0.5) is 0 Å². The molecule has 224 valence electrons. The summed E-state index contributed by atoms with van der Waals surface area (Å²) >= 11 is 0. The molecule has 1 aromatic heterocycles. The van der Waals surface area contributed by atoms with Crippen molar-refractivity contribution in [1.82, 2.24) is 0 Å². The molecule has 13 nitrogen and oxygen atoms in total. The van der Waals surface area contributed by atoms with Crippen molar-refractivity contribution in [3.05, 3.63) is 82.5 Å². The van der Waals surface area contributed by atoms with Gasteiger partial charge in [0, 0.05) is 29.8 Å². The van der Waals surface area contributed by atoms with Crippen LogP contribution in [0.25, 0.3) is 28.4 Å². The maximum Gasteiger partial charge on any atom is 0.336 e. The number of aliphatic hydroxyl groups is 4. The Hall–Kier alpha value is -4.92. The van der Waals surface area contributed by atoms with Gasteiger partial charge in [-0.1, -0.05) is 6.07 Å². The van der Waals surface area contributed by atoms with Crippen molar-refractivity contribution in [2.45, 2.75) is 30.7 Å². The lowest BCUT2D eigenvalue weighted by atomic mass is 9.99. The van der Waals surface area contributed by atoms with Crippen LogP contribution in [0, 0.1) is 0 Å². The van der Waals surface area contributed by atoms with Gasteiger partial charge in [-0.25, -0.2) is 4.79 Å². The maximum atomic E-state index is 12.8. The van der Waals surface area contributed by atoms with E-state index in [0.29, 0.717) is 11.1 Å². The van der Waals surface area contributed by atoms with Crippen LogP contribution in [0.15, 0.2) is 76.0 Å². The number of phenols is 3. The molecule has 2 heterocycles. The Balaban J connectivity index is 1.33. The van der Waals surface area contributed by atoms with E-state index in [9.17, 15) is 45.3 Å². The fourth-order valence-corrected chi connectivity index (χ4v) is 4.40. The molecule has 0 saturated carbocycles. The highest BCUT2D eigenvalue weighted by atomic mass is 16.7. The summed E-state index contributed by atoms with van der Waals surface area (Å²) in [6.07, 6.45) is -5.17. The van der Waals surface area contributed by atoms with Gasteiger partial charge in [0.25, 0.3) is 0 Å². The first kappa shape index (κ1) is 29.6. The average Bonchev–Trinajstić information content (AvgIpc) is 2.98. The van der Waals surface area contributed by atoms with Gasteiger partial charge in [0.2, 0.25) is 6.29 Å². The highest BCUT2D eigenvalue weighted by molar-refractivity contribution is 5.89. The van der Waals surface area contributed by atoms with Crippen molar-refractivity contribution in [2.24, 2.45) is 0 Å². The Labute approximate surface area is 242 Å². The topological polar surface area (TPSA) is 217 Å². The van der Waals surface area contributed by atoms with Crippen molar-refractivity contribution in [1.29, 1.82) is 0 Å². The number of phenolic OH excluding ortho intramolecular Hbond substituents is 3. The van der Waals surface area contributed by atoms with Crippen LogP contribution in [0.3, 0.4) is 0 Å². The Morgan fingerprint density at radius 3 is 2.28 bits per heavy atom. The van der Waals surface area contributed by atoms with Crippen LogP contribution in [-0.4, -0.2) is 79.0 Å². The van der Waals surface area contributed by atoms with E-state index in [1.807, 2.05) is 0 Å². The van der Waals surface area contributed by atoms with Crippen molar-refractivity contribution in [3.8, 4) is 40.1 Å². The van der Waals surface area contributed by atoms with Crippen LogP contribution in [0.5, 0.6) is 28.7 Å². The highest BCUT2D eigenvalue weighted by Gasteiger charge is 2.44. The van der Waals surface area contributed by atoms with E-state index in [2.05, 4.69) is 0 Å². The largest absolute Gasteiger partial charge is 0.507 e. The second kappa shape index (κ2) is 12.1. The quantitative estimate of drug-likeness (QED) is 0.0697. The van der Waals surface area contributed by atoms with E-state index >= 15 is 0 Å². The van der Waals surface area contributed by atoms with Gasteiger partial charge >= 0.3 is 5.97 Å². The van der Waals surface area contributed by atoms with Gasteiger partial charge in [0.05, 0.1) is 6.61 Å². The van der Waals surface area contributed by atoms with Crippen molar-refractivity contribution in [2.75, 3.05) is 6.61 Å². The number of fused-ring (bicyclic) bond motifs is 1. The molecule has 0 spiro atoms. The molecule has 1 aliphatic heterocycles. The van der Waals surface area contributed by atoms with E-state index in [0.717, 1.165) is 18.2 Å². The number of carbonyl (C=O) groups excluding carboxylic acids is 1. The van der Waals surface area contributed by atoms with E-state index < -0.39 is 54.5 Å². The number of benzene rings is 3. The van der Waals surface area contributed by atoms with Crippen LogP contribution < -0.4 is 14.9 Å². The third-order valence-corrected chi connectivity index (χ3v) is 6.65. The van der Waals surface area contributed by atoms with Crippen molar-refractivity contribution in [3.63, 3.8) is 0 Å². The first-order valence-corrected chi connectivity index (χ1v) is 12.8. The molecular weight excluding hydrogens is 568 g/mol. The molecule has 1 aliphatic rings. The van der Waals surface area contributed by atoms with Crippen LogP contribution >= 0.6 is 0 Å². The summed E-state index contributed by atoms with van der Waals surface area (Å²) in [6.45, 7) is -0.661. The number of hydrogen-bond acceptors (Lipinski definition) is 13. The molecule has 0 bridgehead atoms. The summed E-state index contributed by atoms with van der Waals surface area (Å²) < 4.78 is 22.0. The molecule has 43 heavy (non-hydrogen) atoms. The molecule has 4 aromatic rings. The minimum Gasteiger partial charge on any atom is -0.507 e. The van der Waals surface area contributed by atoms with Crippen molar-refractivity contribution >= 4 is 23.0 Å². The second-order valence-electron chi connectivity index (χ2n) is 9.63. The number of ether oxygens (including phenoxy) is 3. The van der Waals surface area contributed by atoms with Gasteiger partial charge in [-0.2, -0.15) is 0 Å². The molecule has 5 atom stereocenters. The van der Waals surface area contributed by atoms with Crippen LogP contribution in [-0.2, 0) is 9.53 Å². The maximum absolute atomic E-state index is 12.8. The first-order valence-electron chi connectivity index (χ1n) is 12.8. The summed E-state index contributed by atoms with van der Waals surface area (Å²) in [5.74, 6) is -1.64. The molecule has 1 fully saturated rings. The van der Waals surface area contributed by atoms with Crippen LogP contribution in [0.1, 0.15) is 5.56 Å². The highest BCUT2D eigenvalue weighted by Crippen LogP contribution is 2.33. The number of aliphatic hydroxyl groups excluding tert-OH is 4. The SMILES string of the molecule is O=C(/C=C/c1ccc(O)c(O)c1)Oc1ccc(-c2cc(=O)c3c(O)cc(O[C@@H]4O[C@H](CO)[C@@H](O)[C@H](O)[C@H]4O)cc3o2)cc1. The van der Waals surface area contributed by atoms with Gasteiger partial charge in [-0.3, -0.25) is 4.79 Å². The first-order chi connectivity index (χ1) is 20.5. The number of aromatic hydroxyl groups is 3. The molecule has 13 heteroatoms. The monoisotopic (exact) mass is 594 g/mol. The Morgan fingerprint density at radius 1 is 0.837 bits per heavy atom. The summed E-state index contributed by atoms with van der Waals surface area (Å²) in [7, 11) is 0. The zero-order valence-electron chi connectivity index (χ0n) is 22.1. The Bertz CT molecular complexity index is 1730. The fourth-order valence-electron chi connectivity index (χ4n) is 4.40. The predicted octanol–water partition coefficient (Wildman–Crippen LogP) is 1.37. The Kier molecular flexibility index (Phi) is 8.34. The third kappa shape index (κ3) is 6.30. The van der Waals surface area contributed by atoms with E-state index in [1.54, 1.807) is 0 Å². The molecule has 0 aliphatic carbocycles. The molecule has 1 saturated heterocycles. The number of esters is 1. The van der Waals surface area contributed by atoms with Gasteiger partial charge in [-0.15, -0.1) is 0 Å². The number of rotatable bonds is 7. The summed E-state index contributed by atoms with van der Waals surface area (Å²) in [6, 6.07) is 13.5. The average molecular weight is 595 g/mol. The van der Waals surface area contributed by atoms with E-state index in [4.69, 9.17) is 18.6 Å². The van der Waals surface area contributed by atoms with Gasteiger partial charge in [0.15, 0.2) is 16.9 Å². The smallest absolute Gasteiger partial charge is 0.336 e. The lowest BCUT2D eigenvalue weighted by Crippen LogP contribution is -2.60. The van der Waals surface area contributed by atoms with E-state index in [-0.39, 0.29) is 39.7 Å². The Morgan fingerprint density at radius 2 is 1.58 bits per heavy atom. The molecule has 0 radical (unpaired) electrons. The standard InChI is InChI=1S/C30H26O13/c31-13-24-27(37)28(38)29(39)30(43-24)41-17-10-20(34)26-21(35)12-22(42-23(26)11-17)15-3-5-16(6-4-15)40-25(36)8-2-14-1-7-18(32)19(33)9-14/h1-12,24,27-34,37-39H,13H2/b8-2+/t24-,27-,28+,29-,30-/m1/s1. The van der Waals surface area contributed by atoms with Gasteiger partial charge in [-0.05, 0) is 48.0 Å². The fraction of sp³-hybridized carbons (Fsp3) is 0.200. The summed E-state index contributed by atoms with van der Waals surface area (Å²) in [4.78, 5) is 25.0. The number of carbonyl (C=O) groups is 1. The molecule has 5 rings (SSSR count). The zero-order chi connectivity index (χ0) is 30.8. The second-order valence-corrected chi connectivity index (χ2v) is 9.63. The molecule has 0 amide bonds. The molecule has 7 N–H and O–H groups in total. The number of hydrogen-bond donors (Lipinski definition) is 7. The molecule has 3 aromatic carbocycles. The van der Waals surface area contributed by atoms with Crippen LogP contribution in [0.2, 0.25) is 0 Å².